The van der Waals surface area contributed by atoms with E-state index in [-0.39, 0.29) is 12.5 Å². The highest BCUT2D eigenvalue weighted by Gasteiger charge is 2.16. The van der Waals surface area contributed by atoms with Gasteiger partial charge in [-0.3, -0.25) is 4.79 Å². The van der Waals surface area contributed by atoms with E-state index in [2.05, 4.69) is 17.6 Å². The SMILES string of the molecule is CCCCNCC(NC(C)=O)C(=O)O. The molecule has 5 nitrogen and oxygen atoms in total. The minimum absolute atomic E-state index is 0.273. The second kappa shape index (κ2) is 7.32. The summed E-state index contributed by atoms with van der Waals surface area (Å²) in [5, 5.41) is 14.1. The first-order valence-electron chi connectivity index (χ1n) is 4.78. The maximum atomic E-state index is 10.6. The minimum Gasteiger partial charge on any atom is -0.480 e. The summed E-state index contributed by atoms with van der Waals surface area (Å²) >= 11 is 0. The van der Waals surface area contributed by atoms with Gasteiger partial charge in [-0.25, -0.2) is 4.79 Å². The lowest BCUT2D eigenvalue weighted by Crippen LogP contribution is -2.46. The second-order valence-corrected chi connectivity index (χ2v) is 3.15. The molecule has 5 heteroatoms. The van der Waals surface area contributed by atoms with Crippen LogP contribution in [0.5, 0.6) is 0 Å². The van der Waals surface area contributed by atoms with Gasteiger partial charge in [0.15, 0.2) is 0 Å². The number of carbonyl (C=O) groups excluding carboxylic acids is 1. The third-order valence-corrected chi connectivity index (χ3v) is 1.73. The van der Waals surface area contributed by atoms with E-state index in [0.717, 1.165) is 19.4 Å². The van der Waals surface area contributed by atoms with Crippen LogP contribution in [0.15, 0.2) is 0 Å². The highest BCUT2D eigenvalue weighted by molar-refractivity contribution is 5.82. The molecule has 0 aromatic rings. The Morgan fingerprint density at radius 2 is 2.07 bits per heavy atom. The van der Waals surface area contributed by atoms with E-state index < -0.39 is 12.0 Å². The zero-order valence-corrected chi connectivity index (χ0v) is 8.67. The van der Waals surface area contributed by atoms with Crippen LogP contribution in [-0.4, -0.2) is 36.1 Å². The highest BCUT2D eigenvalue weighted by Crippen LogP contribution is 1.85. The molecule has 1 unspecified atom stereocenters. The van der Waals surface area contributed by atoms with E-state index >= 15 is 0 Å². The molecule has 0 aromatic heterocycles. The lowest BCUT2D eigenvalue weighted by Gasteiger charge is -2.13. The van der Waals surface area contributed by atoms with Gasteiger partial charge in [-0.05, 0) is 13.0 Å². The van der Waals surface area contributed by atoms with E-state index in [4.69, 9.17) is 5.11 Å². The van der Waals surface area contributed by atoms with Crippen LogP contribution in [0.3, 0.4) is 0 Å². The Morgan fingerprint density at radius 3 is 2.50 bits per heavy atom. The predicted octanol–water partition coefficient (Wildman–Crippen LogP) is -0.0346. The van der Waals surface area contributed by atoms with Gasteiger partial charge in [0.05, 0.1) is 0 Å². The Morgan fingerprint density at radius 1 is 1.43 bits per heavy atom. The number of carboxylic acids is 1. The molecule has 0 radical (unpaired) electrons. The van der Waals surface area contributed by atoms with Gasteiger partial charge < -0.3 is 15.7 Å². The molecule has 0 saturated heterocycles. The van der Waals surface area contributed by atoms with Crippen molar-refractivity contribution in [2.45, 2.75) is 32.7 Å². The quantitative estimate of drug-likeness (QED) is 0.506. The van der Waals surface area contributed by atoms with Crippen LogP contribution >= 0.6 is 0 Å². The number of aliphatic carboxylic acids is 1. The molecular weight excluding hydrogens is 184 g/mol. The monoisotopic (exact) mass is 202 g/mol. The van der Waals surface area contributed by atoms with Crippen molar-refractivity contribution in [3.8, 4) is 0 Å². The summed E-state index contributed by atoms with van der Waals surface area (Å²) in [6, 6.07) is -0.829. The first kappa shape index (κ1) is 12.9. The van der Waals surface area contributed by atoms with Crippen LogP contribution in [0.25, 0.3) is 0 Å². The van der Waals surface area contributed by atoms with Crippen molar-refractivity contribution in [3.63, 3.8) is 0 Å². The van der Waals surface area contributed by atoms with Crippen molar-refractivity contribution in [1.29, 1.82) is 0 Å². The topological polar surface area (TPSA) is 78.4 Å². The van der Waals surface area contributed by atoms with Crippen LogP contribution in [0.1, 0.15) is 26.7 Å². The number of carboxylic acid groups (broad SMARTS) is 1. The van der Waals surface area contributed by atoms with Crippen molar-refractivity contribution in [3.05, 3.63) is 0 Å². The summed E-state index contributed by atoms with van der Waals surface area (Å²) < 4.78 is 0. The van der Waals surface area contributed by atoms with Gasteiger partial charge in [0.2, 0.25) is 5.91 Å². The van der Waals surface area contributed by atoms with E-state index in [1.807, 2.05) is 0 Å². The molecule has 0 aromatic carbocycles. The van der Waals surface area contributed by atoms with E-state index in [9.17, 15) is 9.59 Å². The largest absolute Gasteiger partial charge is 0.480 e. The average Bonchev–Trinajstić information content (AvgIpc) is 2.09. The third-order valence-electron chi connectivity index (χ3n) is 1.73. The molecule has 1 atom stereocenters. The van der Waals surface area contributed by atoms with Crippen LogP contribution in [0.4, 0.5) is 0 Å². The third kappa shape index (κ3) is 6.42. The zero-order valence-electron chi connectivity index (χ0n) is 8.67. The molecular formula is C9H18N2O3. The van der Waals surface area contributed by atoms with Crippen molar-refractivity contribution < 1.29 is 14.7 Å². The molecule has 0 rings (SSSR count). The molecule has 0 heterocycles. The van der Waals surface area contributed by atoms with Crippen LogP contribution in [-0.2, 0) is 9.59 Å². The van der Waals surface area contributed by atoms with E-state index in [0.29, 0.717) is 0 Å². The zero-order chi connectivity index (χ0) is 11.0. The lowest BCUT2D eigenvalue weighted by atomic mass is 10.2. The molecule has 1 amide bonds. The van der Waals surface area contributed by atoms with Gasteiger partial charge in [-0.2, -0.15) is 0 Å². The van der Waals surface area contributed by atoms with Crippen molar-refractivity contribution in [1.82, 2.24) is 10.6 Å². The lowest BCUT2D eigenvalue weighted by molar-refractivity contribution is -0.141. The molecule has 0 aliphatic carbocycles. The maximum absolute atomic E-state index is 10.6. The average molecular weight is 202 g/mol. The fourth-order valence-corrected chi connectivity index (χ4v) is 0.994. The summed E-state index contributed by atoms with van der Waals surface area (Å²) in [7, 11) is 0. The molecule has 0 aliphatic heterocycles. The van der Waals surface area contributed by atoms with Crippen molar-refractivity contribution in [2.24, 2.45) is 0 Å². The predicted molar refractivity (Wildman–Crippen MR) is 53.0 cm³/mol. The molecule has 0 fully saturated rings. The first-order chi connectivity index (χ1) is 6.57. The number of amides is 1. The second-order valence-electron chi connectivity index (χ2n) is 3.15. The summed E-state index contributed by atoms with van der Waals surface area (Å²) in [5.41, 5.74) is 0. The normalized spacial score (nSPS) is 12.1. The van der Waals surface area contributed by atoms with Crippen LogP contribution in [0, 0.1) is 0 Å². The fraction of sp³-hybridized carbons (Fsp3) is 0.778. The summed E-state index contributed by atoms with van der Waals surface area (Å²) in [5.74, 6) is -1.33. The number of hydrogen-bond donors (Lipinski definition) is 3. The summed E-state index contributed by atoms with van der Waals surface area (Å²) in [6.07, 6.45) is 2.07. The molecule has 0 spiro atoms. The summed E-state index contributed by atoms with van der Waals surface area (Å²) in [6.45, 7) is 4.42. The van der Waals surface area contributed by atoms with Crippen molar-refractivity contribution >= 4 is 11.9 Å². The Bertz CT molecular complexity index is 194. The Balaban J connectivity index is 3.74. The van der Waals surface area contributed by atoms with Gasteiger partial charge in [-0.15, -0.1) is 0 Å². The Kier molecular flexibility index (Phi) is 6.74. The molecule has 0 aliphatic rings. The minimum atomic E-state index is -1.01. The number of hydrogen-bond acceptors (Lipinski definition) is 3. The highest BCUT2D eigenvalue weighted by atomic mass is 16.4. The van der Waals surface area contributed by atoms with Gasteiger partial charge in [0.1, 0.15) is 6.04 Å². The van der Waals surface area contributed by atoms with E-state index in [1.165, 1.54) is 6.92 Å². The molecule has 82 valence electrons. The van der Waals surface area contributed by atoms with Crippen LogP contribution in [0.2, 0.25) is 0 Å². The van der Waals surface area contributed by atoms with Gasteiger partial charge in [-0.1, -0.05) is 13.3 Å². The van der Waals surface area contributed by atoms with Crippen molar-refractivity contribution in [2.75, 3.05) is 13.1 Å². The fourth-order valence-electron chi connectivity index (χ4n) is 0.994. The number of carbonyl (C=O) groups is 2. The maximum Gasteiger partial charge on any atom is 0.327 e. The Labute approximate surface area is 83.9 Å². The molecule has 0 bridgehead atoms. The Hall–Kier alpha value is -1.10. The van der Waals surface area contributed by atoms with Crippen LogP contribution < -0.4 is 10.6 Å². The molecule has 14 heavy (non-hydrogen) atoms. The summed E-state index contributed by atoms with van der Waals surface area (Å²) in [4.78, 5) is 21.3. The number of unbranched alkanes of at least 4 members (excludes halogenated alkanes) is 1. The number of rotatable bonds is 7. The number of nitrogens with one attached hydrogen (secondary N) is 2. The smallest absolute Gasteiger partial charge is 0.327 e. The first-order valence-corrected chi connectivity index (χ1v) is 4.78. The standard InChI is InChI=1S/C9H18N2O3/c1-3-4-5-10-6-8(9(13)14)11-7(2)12/h8,10H,3-6H2,1-2H3,(H,11,12)(H,13,14). The molecule has 0 saturated carbocycles. The van der Waals surface area contributed by atoms with Gasteiger partial charge in [0.25, 0.3) is 0 Å². The van der Waals surface area contributed by atoms with Gasteiger partial charge in [0, 0.05) is 13.5 Å². The van der Waals surface area contributed by atoms with E-state index in [1.54, 1.807) is 0 Å². The molecule has 3 N–H and O–H groups in total. The van der Waals surface area contributed by atoms with Gasteiger partial charge >= 0.3 is 5.97 Å².